The number of ether oxygens (including phenoxy) is 2. The third kappa shape index (κ3) is 5.07. The molecule has 4 aromatic rings. The van der Waals surface area contributed by atoms with Gasteiger partial charge in [0.15, 0.2) is 17.2 Å². The normalized spacial score (nSPS) is 13.5. The molecule has 0 unspecified atom stereocenters. The number of morpholine rings is 1. The van der Waals surface area contributed by atoms with Crippen molar-refractivity contribution in [3.63, 3.8) is 0 Å². The van der Waals surface area contributed by atoms with Crippen molar-refractivity contribution in [3.05, 3.63) is 79.1 Å². The molecule has 1 aliphatic rings. The molecule has 0 spiro atoms. The first-order chi connectivity index (χ1) is 17.1. The van der Waals surface area contributed by atoms with Crippen LogP contribution in [0.5, 0.6) is 11.6 Å². The van der Waals surface area contributed by atoms with Crippen molar-refractivity contribution in [3.8, 4) is 11.6 Å². The van der Waals surface area contributed by atoms with Gasteiger partial charge in [-0.25, -0.2) is 4.39 Å². The lowest BCUT2D eigenvalue weighted by molar-refractivity contribution is -0.111. The third-order valence-corrected chi connectivity index (χ3v) is 5.42. The second-order valence-corrected chi connectivity index (χ2v) is 7.78. The number of hydrogen-bond donors (Lipinski definition) is 2. The van der Waals surface area contributed by atoms with Crippen LogP contribution in [0.3, 0.4) is 0 Å². The van der Waals surface area contributed by atoms with E-state index in [1.807, 2.05) is 24.3 Å². The van der Waals surface area contributed by atoms with Gasteiger partial charge in [0.25, 0.3) is 0 Å². The van der Waals surface area contributed by atoms with Crippen molar-refractivity contribution in [1.29, 1.82) is 0 Å². The molecule has 1 amide bonds. The molecule has 1 aliphatic heterocycles. The summed E-state index contributed by atoms with van der Waals surface area (Å²) in [5, 5.41) is 10.2. The summed E-state index contributed by atoms with van der Waals surface area (Å²) in [7, 11) is 0. The number of fused-ring (bicyclic) bond motifs is 1. The average molecular weight is 474 g/mol. The highest BCUT2D eigenvalue weighted by molar-refractivity contribution is 5.98. The van der Waals surface area contributed by atoms with Gasteiger partial charge in [-0.1, -0.05) is 12.6 Å². The van der Waals surface area contributed by atoms with E-state index in [1.54, 1.807) is 18.2 Å². The maximum absolute atomic E-state index is 14.4. The molecule has 178 valence electrons. The fourth-order valence-corrected chi connectivity index (χ4v) is 3.68. The Morgan fingerprint density at radius 2 is 1.86 bits per heavy atom. The summed E-state index contributed by atoms with van der Waals surface area (Å²) in [5.74, 6) is -0.431. The first-order valence-electron chi connectivity index (χ1n) is 11.1. The molecule has 0 aliphatic carbocycles. The van der Waals surface area contributed by atoms with Crippen molar-refractivity contribution in [2.24, 2.45) is 0 Å². The van der Waals surface area contributed by atoms with Crippen molar-refractivity contribution < 1.29 is 18.7 Å². The summed E-state index contributed by atoms with van der Waals surface area (Å²) in [6.07, 6.45) is 1.13. The molecule has 2 N–H and O–H groups in total. The van der Waals surface area contributed by atoms with Gasteiger partial charge < -0.3 is 25.0 Å². The average Bonchev–Trinajstić information content (AvgIpc) is 3.30. The van der Waals surface area contributed by atoms with Crippen LogP contribution in [0.15, 0.2) is 73.3 Å². The summed E-state index contributed by atoms with van der Waals surface area (Å²) in [6, 6.07) is 17.2. The van der Waals surface area contributed by atoms with Crippen LogP contribution < -0.4 is 20.3 Å². The highest BCUT2D eigenvalue weighted by Crippen LogP contribution is 2.28. The number of halogens is 1. The van der Waals surface area contributed by atoms with Gasteiger partial charge in [0.1, 0.15) is 0 Å². The van der Waals surface area contributed by atoms with Crippen molar-refractivity contribution in [1.82, 2.24) is 14.6 Å². The molecular formula is C25H23FN6O3. The Morgan fingerprint density at radius 3 is 2.63 bits per heavy atom. The van der Waals surface area contributed by atoms with Gasteiger partial charge in [0.05, 0.1) is 13.2 Å². The van der Waals surface area contributed by atoms with Gasteiger partial charge in [-0.2, -0.15) is 9.50 Å². The predicted octanol–water partition coefficient (Wildman–Crippen LogP) is 4.37. The second-order valence-electron chi connectivity index (χ2n) is 7.78. The zero-order valence-corrected chi connectivity index (χ0v) is 18.8. The summed E-state index contributed by atoms with van der Waals surface area (Å²) in [4.78, 5) is 18.3. The number of carbonyl (C=O) groups is 1. The van der Waals surface area contributed by atoms with E-state index < -0.39 is 11.7 Å². The van der Waals surface area contributed by atoms with Crippen LogP contribution in [0, 0.1) is 5.82 Å². The number of anilines is 4. The number of amides is 1. The fraction of sp³-hybridized carbons (Fsp3) is 0.160. The molecule has 10 heteroatoms. The second kappa shape index (κ2) is 9.82. The van der Waals surface area contributed by atoms with Gasteiger partial charge in [-0.15, -0.1) is 5.10 Å². The Hall–Kier alpha value is -4.44. The van der Waals surface area contributed by atoms with Crippen LogP contribution in [0.1, 0.15) is 0 Å². The molecule has 3 heterocycles. The van der Waals surface area contributed by atoms with Crippen molar-refractivity contribution in [2.75, 3.05) is 41.8 Å². The molecule has 0 radical (unpaired) electrons. The lowest BCUT2D eigenvalue weighted by Crippen LogP contribution is -2.36. The first kappa shape index (κ1) is 22.4. The van der Waals surface area contributed by atoms with Crippen LogP contribution in [0.25, 0.3) is 5.65 Å². The number of carbonyl (C=O) groups excluding carboxylic acids is 1. The van der Waals surface area contributed by atoms with Crippen molar-refractivity contribution in [2.45, 2.75) is 0 Å². The number of nitrogens with one attached hydrogen (secondary N) is 2. The van der Waals surface area contributed by atoms with Gasteiger partial charge in [-0.05, 0) is 48.5 Å². The largest absolute Gasteiger partial charge is 0.436 e. The Kier molecular flexibility index (Phi) is 6.27. The zero-order chi connectivity index (χ0) is 24.2. The molecular weight excluding hydrogens is 451 g/mol. The fourth-order valence-electron chi connectivity index (χ4n) is 3.68. The summed E-state index contributed by atoms with van der Waals surface area (Å²) in [6.45, 7) is 6.60. The maximum atomic E-state index is 14.4. The molecule has 1 saturated heterocycles. The molecule has 2 aromatic heterocycles. The smallest absolute Gasteiger partial charge is 0.247 e. The Morgan fingerprint density at radius 1 is 1.09 bits per heavy atom. The zero-order valence-electron chi connectivity index (χ0n) is 18.8. The van der Waals surface area contributed by atoms with E-state index in [4.69, 9.17) is 9.47 Å². The van der Waals surface area contributed by atoms with E-state index in [9.17, 15) is 9.18 Å². The van der Waals surface area contributed by atoms with Crippen LogP contribution >= 0.6 is 0 Å². The number of benzene rings is 2. The van der Waals surface area contributed by atoms with E-state index in [2.05, 4.69) is 32.2 Å². The van der Waals surface area contributed by atoms with Gasteiger partial charge in [0, 0.05) is 42.3 Å². The highest BCUT2D eigenvalue weighted by atomic mass is 19.1. The Labute approximate surface area is 200 Å². The van der Waals surface area contributed by atoms with Crippen molar-refractivity contribution >= 4 is 34.6 Å². The predicted molar refractivity (Wildman–Crippen MR) is 131 cm³/mol. The third-order valence-electron chi connectivity index (χ3n) is 5.42. The molecule has 1 fully saturated rings. The Balaban J connectivity index is 1.35. The Bertz CT molecular complexity index is 1370. The monoisotopic (exact) mass is 474 g/mol. The molecule has 0 saturated carbocycles. The molecule has 5 rings (SSSR count). The van der Waals surface area contributed by atoms with E-state index in [-0.39, 0.29) is 11.6 Å². The lowest BCUT2D eigenvalue weighted by Gasteiger charge is -2.28. The quantitative estimate of drug-likeness (QED) is 0.384. The summed E-state index contributed by atoms with van der Waals surface area (Å²) >= 11 is 0. The molecule has 35 heavy (non-hydrogen) atoms. The summed E-state index contributed by atoms with van der Waals surface area (Å²) < 4.78 is 27.1. The molecule has 0 bridgehead atoms. The van der Waals surface area contributed by atoms with Crippen LogP contribution in [0.2, 0.25) is 0 Å². The first-order valence-corrected chi connectivity index (χ1v) is 11.1. The number of hydrogen-bond acceptors (Lipinski definition) is 7. The minimum atomic E-state index is -0.586. The van der Waals surface area contributed by atoms with Gasteiger partial charge in [0.2, 0.25) is 17.7 Å². The minimum absolute atomic E-state index is 0.0666. The number of aromatic nitrogens is 3. The number of nitrogens with zero attached hydrogens (tertiary/aromatic N) is 4. The van der Waals surface area contributed by atoms with Crippen LogP contribution in [0.4, 0.5) is 27.4 Å². The summed E-state index contributed by atoms with van der Waals surface area (Å²) in [5.41, 5.74) is 2.86. The highest BCUT2D eigenvalue weighted by Gasteiger charge is 2.14. The van der Waals surface area contributed by atoms with E-state index in [1.165, 1.54) is 22.7 Å². The lowest BCUT2D eigenvalue weighted by atomic mass is 10.2. The van der Waals surface area contributed by atoms with Crippen LogP contribution in [-0.4, -0.2) is 46.8 Å². The van der Waals surface area contributed by atoms with E-state index in [0.717, 1.165) is 43.8 Å². The SMILES string of the molecule is C=CC(=O)Nc1ccc(F)c(Oc2cccc3nc(Nc4ccc(N5CCOCC5)cc4)nn23)c1. The van der Waals surface area contributed by atoms with Gasteiger partial charge >= 0.3 is 0 Å². The minimum Gasteiger partial charge on any atom is -0.436 e. The topological polar surface area (TPSA) is 93.0 Å². The molecule has 0 atom stereocenters. The maximum Gasteiger partial charge on any atom is 0.247 e. The van der Waals surface area contributed by atoms with Crippen LogP contribution in [-0.2, 0) is 9.53 Å². The van der Waals surface area contributed by atoms with E-state index in [0.29, 0.717) is 17.3 Å². The molecule has 9 nitrogen and oxygen atoms in total. The number of pyridine rings is 1. The molecule has 2 aromatic carbocycles. The van der Waals surface area contributed by atoms with E-state index >= 15 is 0 Å². The number of rotatable bonds is 7. The standard InChI is InChI=1S/C25H23FN6O3/c1-2-23(33)27-18-8-11-20(26)21(16-18)35-24-5-3-4-22-29-25(30-32(22)24)28-17-6-9-19(10-7-17)31-12-14-34-15-13-31/h2-11,16H,1,12-15H2,(H,27,33)(H,28,30). The van der Waals surface area contributed by atoms with Gasteiger partial charge in [-0.3, -0.25) is 4.79 Å².